The molecule has 164 valence electrons. The minimum absolute atomic E-state index is 0.0373. The Morgan fingerprint density at radius 2 is 2.00 bits per heavy atom. The molecule has 1 aliphatic heterocycles. The number of aryl methyl sites for hydroxylation is 1. The monoisotopic (exact) mass is 452 g/mol. The smallest absolute Gasteiger partial charge is 0.321 e. The van der Waals surface area contributed by atoms with E-state index in [4.69, 9.17) is 0 Å². The van der Waals surface area contributed by atoms with E-state index in [1.807, 2.05) is 41.8 Å². The Hall–Kier alpha value is -3.73. The van der Waals surface area contributed by atoms with Crippen LogP contribution in [0.4, 0.5) is 10.5 Å². The van der Waals surface area contributed by atoms with Crippen LogP contribution in [0.25, 0.3) is 5.69 Å². The molecule has 1 aliphatic rings. The van der Waals surface area contributed by atoms with Gasteiger partial charge in [-0.25, -0.2) is 4.79 Å². The van der Waals surface area contributed by atoms with E-state index in [1.54, 1.807) is 6.07 Å². The maximum absolute atomic E-state index is 11.7. The highest BCUT2D eigenvalue weighted by Gasteiger charge is 2.26. The fourth-order valence-corrected chi connectivity index (χ4v) is 4.39. The second-order valence-electron chi connectivity index (χ2n) is 7.42. The number of thioether (sulfide) groups is 1. The van der Waals surface area contributed by atoms with Gasteiger partial charge in [0.05, 0.1) is 4.92 Å². The van der Waals surface area contributed by atoms with Gasteiger partial charge in [-0.15, -0.1) is 10.2 Å². The number of nitro benzene ring substituents is 1. The van der Waals surface area contributed by atoms with E-state index in [9.17, 15) is 19.7 Å². The summed E-state index contributed by atoms with van der Waals surface area (Å²) in [4.78, 5) is 34.1. The van der Waals surface area contributed by atoms with Crippen molar-refractivity contribution in [1.29, 1.82) is 0 Å². The number of urea groups is 1. The summed E-state index contributed by atoms with van der Waals surface area (Å²) < 4.78 is 1.90. The lowest BCUT2D eigenvalue weighted by atomic mass is 10.1. The molecular weight excluding hydrogens is 432 g/mol. The summed E-state index contributed by atoms with van der Waals surface area (Å²) in [6, 6.07) is 13.4. The zero-order chi connectivity index (χ0) is 22.7. The van der Waals surface area contributed by atoms with E-state index in [-0.39, 0.29) is 18.0 Å². The Labute approximate surface area is 187 Å². The molecule has 1 unspecified atom stereocenters. The van der Waals surface area contributed by atoms with Gasteiger partial charge in [-0.2, -0.15) is 0 Å². The molecule has 1 aromatic heterocycles. The molecule has 1 fully saturated rings. The molecule has 0 bridgehead atoms. The van der Waals surface area contributed by atoms with Crippen molar-refractivity contribution >= 4 is 29.4 Å². The van der Waals surface area contributed by atoms with Crippen LogP contribution in [0.15, 0.2) is 53.7 Å². The van der Waals surface area contributed by atoms with Crippen LogP contribution in [0.3, 0.4) is 0 Å². The number of benzene rings is 2. The number of non-ortho nitro benzene ring substituents is 1. The molecule has 2 aromatic carbocycles. The maximum atomic E-state index is 11.7. The zero-order valence-electron chi connectivity index (χ0n) is 17.1. The van der Waals surface area contributed by atoms with E-state index in [2.05, 4.69) is 20.8 Å². The van der Waals surface area contributed by atoms with Crippen LogP contribution in [0.2, 0.25) is 0 Å². The number of hydrogen-bond donors (Lipinski definition) is 2. The average molecular weight is 452 g/mol. The summed E-state index contributed by atoms with van der Waals surface area (Å²) in [7, 11) is 0. The van der Waals surface area contributed by atoms with Gasteiger partial charge < -0.3 is 5.32 Å². The lowest BCUT2D eigenvalue weighted by Gasteiger charge is -2.23. The normalized spacial score (nSPS) is 15.8. The van der Waals surface area contributed by atoms with Crippen LogP contribution in [0.1, 0.15) is 23.4 Å². The van der Waals surface area contributed by atoms with Crippen molar-refractivity contribution in [3.63, 3.8) is 0 Å². The first-order valence-electron chi connectivity index (χ1n) is 9.87. The number of nitro groups is 1. The Kier molecular flexibility index (Phi) is 6.17. The molecule has 0 saturated carbocycles. The number of rotatable bonds is 7. The summed E-state index contributed by atoms with van der Waals surface area (Å²) >= 11 is 1.41. The van der Waals surface area contributed by atoms with E-state index < -0.39 is 17.0 Å². The number of imide groups is 1. The summed E-state index contributed by atoms with van der Waals surface area (Å²) in [5.41, 5.74) is 2.75. The first-order valence-corrected chi connectivity index (χ1v) is 10.9. The highest BCUT2D eigenvalue weighted by Crippen LogP contribution is 2.27. The number of carbonyl (C=O) groups is 2. The molecule has 1 atom stereocenters. The standard InChI is InChI=1S/C21H20N6O4S/c1-13-4-2-6-16(8-13)26-18(10-15-11-19(28)23-20(29)22-15)24-25-21(26)32-12-14-5-3-7-17(9-14)27(30)31/h2-9,15H,10-12H2,1H3,(H2,22,23,28,29). The van der Waals surface area contributed by atoms with Gasteiger partial charge in [0, 0.05) is 42.5 Å². The van der Waals surface area contributed by atoms with Gasteiger partial charge in [0.25, 0.3) is 5.69 Å². The number of aromatic nitrogens is 3. The lowest BCUT2D eigenvalue weighted by molar-refractivity contribution is -0.384. The van der Waals surface area contributed by atoms with Gasteiger partial charge in [0.1, 0.15) is 5.82 Å². The van der Waals surface area contributed by atoms with Crippen LogP contribution in [0.5, 0.6) is 0 Å². The van der Waals surface area contributed by atoms with Crippen molar-refractivity contribution in [3.8, 4) is 5.69 Å². The highest BCUT2D eigenvalue weighted by molar-refractivity contribution is 7.98. The molecule has 32 heavy (non-hydrogen) atoms. The number of carbonyl (C=O) groups excluding carboxylic acids is 2. The van der Waals surface area contributed by atoms with Crippen molar-refractivity contribution in [1.82, 2.24) is 25.4 Å². The van der Waals surface area contributed by atoms with Crippen molar-refractivity contribution < 1.29 is 14.5 Å². The van der Waals surface area contributed by atoms with Gasteiger partial charge in [-0.3, -0.25) is 24.8 Å². The fourth-order valence-electron chi connectivity index (χ4n) is 3.48. The van der Waals surface area contributed by atoms with E-state index >= 15 is 0 Å². The predicted octanol–water partition coefficient (Wildman–Crippen LogP) is 2.92. The second-order valence-corrected chi connectivity index (χ2v) is 8.36. The average Bonchev–Trinajstić information content (AvgIpc) is 3.14. The van der Waals surface area contributed by atoms with Crippen molar-refractivity contribution in [2.75, 3.05) is 0 Å². The van der Waals surface area contributed by atoms with Crippen LogP contribution in [-0.4, -0.2) is 37.7 Å². The molecule has 3 aromatic rings. The molecule has 0 spiro atoms. The van der Waals surface area contributed by atoms with E-state index in [1.165, 1.54) is 23.9 Å². The number of hydrogen-bond acceptors (Lipinski definition) is 7. The first-order chi connectivity index (χ1) is 15.4. The molecule has 4 rings (SSSR count). The molecule has 1 saturated heterocycles. The Bertz CT molecular complexity index is 1180. The molecule has 3 amide bonds. The minimum atomic E-state index is -0.520. The Balaban J connectivity index is 1.62. The summed E-state index contributed by atoms with van der Waals surface area (Å²) in [5.74, 6) is 0.742. The SMILES string of the molecule is Cc1cccc(-n2c(CC3CC(=O)NC(=O)N3)nnc2SCc2cccc([N+](=O)[O-])c2)c1. The summed E-state index contributed by atoms with van der Waals surface area (Å²) in [6.45, 7) is 1.98. The number of amides is 3. The largest absolute Gasteiger partial charge is 0.334 e. The number of nitrogens with zero attached hydrogens (tertiary/aromatic N) is 4. The summed E-state index contributed by atoms with van der Waals surface area (Å²) in [6.07, 6.45) is 0.486. The molecule has 11 heteroatoms. The van der Waals surface area contributed by atoms with Gasteiger partial charge in [-0.1, -0.05) is 36.0 Å². The highest BCUT2D eigenvalue weighted by atomic mass is 32.2. The van der Waals surface area contributed by atoms with Gasteiger partial charge in [0.15, 0.2) is 5.16 Å². The van der Waals surface area contributed by atoms with Crippen LogP contribution in [0, 0.1) is 17.0 Å². The van der Waals surface area contributed by atoms with Crippen molar-refractivity contribution in [3.05, 3.63) is 75.6 Å². The Morgan fingerprint density at radius 3 is 2.75 bits per heavy atom. The molecule has 2 heterocycles. The molecule has 0 aliphatic carbocycles. The predicted molar refractivity (Wildman–Crippen MR) is 118 cm³/mol. The number of nitrogens with one attached hydrogen (secondary N) is 2. The lowest BCUT2D eigenvalue weighted by Crippen LogP contribution is -2.53. The molecular formula is C21H20N6O4S. The van der Waals surface area contributed by atoms with E-state index in [0.29, 0.717) is 23.2 Å². The minimum Gasteiger partial charge on any atom is -0.334 e. The van der Waals surface area contributed by atoms with Crippen LogP contribution >= 0.6 is 11.8 Å². The van der Waals surface area contributed by atoms with Crippen LogP contribution in [-0.2, 0) is 17.0 Å². The quantitative estimate of drug-likeness (QED) is 0.320. The molecule has 10 nitrogen and oxygen atoms in total. The third kappa shape index (κ3) is 4.94. The third-order valence-corrected chi connectivity index (χ3v) is 5.90. The maximum Gasteiger partial charge on any atom is 0.321 e. The fraction of sp³-hybridized carbons (Fsp3) is 0.238. The molecule has 0 radical (unpaired) electrons. The van der Waals surface area contributed by atoms with Crippen LogP contribution < -0.4 is 10.6 Å². The van der Waals surface area contributed by atoms with Gasteiger partial charge in [-0.05, 0) is 30.2 Å². The second kappa shape index (κ2) is 9.18. The topological polar surface area (TPSA) is 132 Å². The zero-order valence-corrected chi connectivity index (χ0v) is 18.0. The molecule has 2 N–H and O–H groups in total. The summed E-state index contributed by atoms with van der Waals surface area (Å²) in [5, 5.41) is 25.3. The third-order valence-electron chi connectivity index (χ3n) is 4.90. The van der Waals surface area contributed by atoms with Gasteiger partial charge >= 0.3 is 6.03 Å². The van der Waals surface area contributed by atoms with Gasteiger partial charge in [0.2, 0.25) is 5.91 Å². The van der Waals surface area contributed by atoms with E-state index in [0.717, 1.165) is 16.8 Å². The van der Waals surface area contributed by atoms with Crippen molar-refractivity contribution in [2.24, 2.45) is 0 Å². The van der Waals surface area contributed by atoms with Crippen molar-refractivity contribution in [2.45, 2.75) is 36.7 Å². The first kappa shape index (κ1) is 21.5. The Morgan fingerprint density at radius 1 is 1.19 bits per heavy atom.